The number of carbonyl (C=O) groups is 2. The summed E-state index contributed by atoms with van der Waals surface area (Å²) in [5.74, 6) is -1.20. The maximum atomic E-state index is 12.9. The van der Waals surface area contributed by atoms with Gasteiger partial charge in [-0.15, -0.1) is 0 Å². The first-order valence-corrected chi connectivity index (χ1v) is 11.7. The number of Topliss-reactive ketones (excluding diaryl/α,β-unsaturated/α-hetero) is 1. The molecule has 8 nitrogen and oxygen atoms in total. The van der Waals surface area contributed by atoms with E-state index < -0.39 is 41.4 Å². The van der Waals surface area contributed by atoms with Gasteiger partial charge in [-0.1, -0.05) is 25.1 Å². The van der Waals surface area contributed by atoms with Gasteiger partial charge >= 0.3 is 17.9 Å². The molecule has 3 aromatic rings. The van der Waals surface area contributed by atoms with E-state index in [4.69, 9.17) is 13.9 Å². The number of benzene rings is 1. The minimum atomic E-state index is -4.27. The predicted molar refractivity (Wildman–Crippen MR) is 133 cm³/mol. The average molecular weight is 533 g/mol. The molecule has 1 amide bonds. The number of ketones is 1. The molecule has 1 atom stereocenters. The first-order chi connectivity index (χ1) is 17.8. The van der Waals surface area contributed by atoms with Crippen molar-refractivity contribution in [3.63, 3.8) is 0 Å². The van der Waals surface area contributed by atoms with Crippen LogP contribution in [0.2, 0.25) is 0 Å². The van der Waals surface area contributed by atoms with Crippen LogP contribution >= 0.6 is 0 Å². The molecule has 0 radical (unpaired) electrons. The number of carboxylic acid groups (broad SMARTS) is 1. The molecule has 3 rings (SSSR count). The van der Waals surface area contributed by atoms with Crippen molar-refractivity contribution in [2.24, 2.45) is 0 Å². The zero-order valence-corrected chi connectivity index (χ0v) is 20.6. The summed E-state index contributed by atoms with van der Waals surface area (Å²) < 4.78 is 48.4. The van der Waals surface area contributed by atoms with Crippen LogP contribution in [0.25, 0.3) is 17.0 Å². The molecule has 0 saturated carbocycles. The van der Waals surface area contributed by atoms with Crippen molar-refractivity contribution in [3.8, 4) is 5.75 Å². The third-order valence-corrected chi connectivity index (χ3v) is 5.77. The van der Waals surface area contributed by atoms with E-state index in [1.165, 1.54) is 31.3 Å². The van der Waals surface area contributed by atoms with Crippen LogP contribution in [-0.2, 0) is 6.42 Å². The summed E-state index contributed by atoms with van der Waals surface area (Å²) in [7, 11) is 0. The number of furan rings is 1. The van der Waals surface area contributed by atoms with Gasteiger partial charge in [0.2, 0.25) is 0 Å². The number of amides is 1. The smallest absolute Gasteiger partial charge is 0.408 e. The fourth-order valence-electron chi connectivity index (χ4n) is 3.74. The van der Waals surface area contributed by atoms with E-state index in [9.17, 15) is 32.7 Å². The monoisotopic (exact) mass is 533 g/mol. The summed E-state index contributed by atoms with van der Waals surface area (Å²) >= 11 is 0. The van der Waals surface area contributed by atoms with E-state index in [-0.39, 0.29) is 29.4 Å². The summed E-state index contributed by atoms with van der Waals surface area (Å²) in [6, 6.07) is 7.51. The Kier molecular flexibility index (Phi) is 8.82. The van der Waals surface area contributed by atoms with Crippen LogP contribution in [0.4, 0.5) is 18.0 Å². The Hall–Kier alpha value is -4.28. The first kappa shape index (κ1) is 28.3. The van der Waals surface area contributed by atoms with Crippen molar-refractivity contribution >= 4 is 28.9 Å². The lowest BCUT2D eigenvalue weighted by Crippen LogP contribution is -2.16. The van der Waals surface area contributed by atoms with Crippen LogP contribution in [0.3, 0.4) is 0 Å². The Labute approximate surface area is 215 Å². The van der Waals surface area contributed by atoms with Gasteiger partial charge in [0.15, 0.2) is 5.78 Å². The lowest BCUT2D eigenvalue weighted by molar-refractivity contribution is -0.134. The first-order valence-electron chi connectivity index (χ1n) is 11.7. The highest BCUT2D eigenvalue weighted by Crippen LogP contribution is 2.28. The van der Waals surface area contributed by atoms with E-state index >= 15 is 0 Å². The molecule has 0 aliphatic carbocycles. The van der Waals surface area contributed by atoms with Gasteiger partial charge in [0.25, 0.3) is 0 Å². The topological polar surface area (TPSA) is 130 Å². The molecule has 1 aromatic carbocycles. The maximum Gasteiger partial charge on any atom is 0.408 e. The molecular weight excluding hydrogens is 507 g/mol. The van der Waals surface area contributed by atoms with Crippen LogP contribution in [0.15, 0.2) is 61.8 Å². The van der Waals surface area contributed by atoms with Crippen molar-refractivity contribution in [2.45, 2.75) is 51.6 Å². The quantitative estimate of drug-likeness (QED) is 0.199. The second-order valence-corrected chi connectivity index (χ2v) is 8.82. The second kappa shape index (κ2) is 11.8. The van der Waals surface area contributed by atoms with Gasteiger partial charge in [0, 0.05) is 35.6 Å². The summed E-state index contributed by atoms with van der Waals surface area (Å²) in [4.78, 5) is 35.9. The standard InChI is InChI=1S/C27H26F3NO7/c1-15(5-3-4-10-31-26(35)36)21-14-20(32)23(25(34)38-21)24(33)16(2)11-19-13-18-7-6-17(12-22(18)37-19)8-9-27(28,29)30/h4,6-7,10-15,31-32H,3,5,8-9H2,1-2H3,(H,35,36)/b10-4+,16-11?. The molecule has 11 heteroatoms. The number of hydrogen-bond acceptors (Lipinski definition) is 6. The fourth-order valence-corrected chi connectivity index (χ4v) is 3.74. The zero-order chi connectivity index (χ0) is 28.0. The highest BCUT2D eigenvalue weighted by Gasteiger charge is 2.26. The maximum absolute atomic E-state index is 12.9. The van der Waals surface area contributed by atoms with E-state index in [1.54, 1.807) is 31.2 Å². The molecule has 0 spiro atoms. The van der Waals surface area contributed by atoms with Crippen molar-refractivity contribution < 1.29 is 41.8 Å². The van der Waals surface area contributed by atoms with Crippen LogP contribution in [0.1, 0.15) is 66.5 Å². The predicted octanol–water partition coefficient (Wildman–Crippen LogP) is 6.54. The average Bonchev–Trinajstić information content (AvgIpc) is 3.22. The molecule has 0 saturated heterocycles. The second-order valence-electron chi connectivity index (χ2n) is 8.82. The Bertz CT molecular complexity index is 1450. The van der Waals surface area contributed by atoms with Crippen LogP contribution in [-0.4, -0.2) is 28.3 Å². The van der Waals surface area contributed by atoms with Crippen LogP contribution in [0.5, 0.6) is 5.75 Å². The molecular formula is C27H26F3NO7. The molecule has 0 aliphatic heterocycles. The third-order valence-electron chi connectivity index (χ3n) is 5.77. The molecule has 0 aliphatic rings. The Morgan fingerprint density at radius 3 is 2.55 bits per heavy atom. The number of rotatable bonds is 10. The van der Waals surface area contributed by atoms with Crippen molar-refractivity contribution in [3.05, 3.63) is 81.2 Å². The van der Waals surface area contributed by atoms with Crippen LogP contribution < -0.4 is 10.9 Å². The minimum Gasteiger partial charge on any atom is -0.507 e. The molecule has 2 heterocycles. The lowest BCUT2D eigenvalue weighted by atomic mass is 9.99. The fraction of sp³-hybridized carbons (Fsp3) is 0.296. The summed E-state index contributed by atoms with van der Waals surface area (Å²) in [6.45, 7) is 3.18. The highest BCUT2D eigenvalue weighted by molar-refractivity contribution is 6.12. The minimum absolute atomic E-state index is 0.0702. The Morgan fingerprint density at radius 2 is 1.89 bits per heavy atom. The Balaban J connectivity index is 1.74. The number of nitrogens with one attached hydrogen (secondary N) is 1. The molecule has 202 valence electrons. The van der Waals surface area contributed by atoms with E-state index in [0.717, 1.165) is 0 Å². The van der Waals surface area contributed by atoms with Gasteiger partial charge in [0.05, 0.1) is 0 Å². The number of fused-ring (bicyclic) bond motifs is 1. The number of aromatic hydroxyl groups is 1. The van der Waals surface area contributed by atoms with E-state index in [1.807, 2.05) is 0 Å². The van der Waals surface area contributed by atoms with Crippen molar-refractivity contribution in [2.75, 3.05) is 0 Å². The largest absolute Gasteiger partial charge is 0.507 e. The van der Waals surface area contributed by atoms with Gasteiger partial charge in [0.1, 0.15) is 28.4 Å². The SMILES string of the molecule is CC(=Cc1cc2ccc(CCC(F)(F)F)cc2o1)C(=O)c1c(O)cc(C(C)CC/C=C/NC(=O)O)oc1=O. The van der Waals surface area contributed by atoms with Crippen molar-refractivity contribution in [1.82, 2.24) is 5.32 Å². The normalized spacial score (nSPS) is 13.2. The molecule has 3 N–H and O–H groups in total. The van der Waals surface area contributed by atoms with Gasteiger partial charge < -0.3 is 19.0 Å². The van der Waals surface area contributed by atoms with Gasteiger partial charge in [-0.2, -0.15) is 13.2 Å². The summed E-state index contributed by atoms with van der Waals surface area (Å²) in [5, 5.41) is 21.7. The highest BCUT2D eigenvalue weighted by atomic mass is 19.4. The molecule has 1 unspecified atom stereocenters. The number of hydrogen-bond donors (Lipinski definition) is 3. The zero-order valence-electron chi connectivity index (χ0n) is 20.6. The number of alkyl halides is 3. The lowest BCUT2D eigenvalue weighted by Gasteiger charge is -2.11. The summed E-state index contributed by atoms with van der Waals surface area (Å²) in [5.41, 5.74) is -0.666. The third kappa shape index (κ3) is 7.61. The van der Waals surface area contributed by atoms with E-state index in [2.05, 4.69) is 5.32 Å². The number of aryl methyl sites for hydroxylation is 1. The van der Waals surface area contributed by atoms with Gasteiger partial charge in [-0.3, -0.25) is 10.1 Å². The number of halogens is 3. The number of carbonyl (C=O) groups excluding carboxylic acids is 1. The van der Waals surface area contributed by atoms with Crippen LogP contribution in [0, 0.1) is 0 Å². The Morgan fingerprint density at radius 1 is 1.16 bits per heavy atom. The van der Waals surface area contributed by atoms with Gasteiger partial charge in [-0.25, -0.2) is 9.59 Å². The molecule has 38 heavy (non-hydrogen) atoms. The summed E-state index contributed by atoms with van der Waals surface area (Å²) in [6.07, 6.45) is -1.42. The van der Waals surface area contributed by atoms with Crippen molar-refractivity contribution in [1.29, 1.82) is 0 Å². The molecule has 0 fully saturated rings. The number of allylic oxidation sites excluding steroid dienone is 2. The molecule has 2 aromatic heterocycles. The van der Waals surface area contributed by atoms with E-state index in [0.29, 0.717) is 29.4 Å². The molecule has 0 bridgehead atoms. The van der Waals surface area contributed by atoms with Gasteiger partial charge in [-0.05, 0) is 50.0 Å².